The number of rotatable bonds is 5. The molecule has 29 heavy (non-hydrogen) atoms. The standard InChI is InChI=1S/C24H19BrFNO2/c25-17-12-16(13-18(26)14-17)6-5-11-27-24(28)29-15-23-21-9-3-1-7-19(21)20-8-2-4-10-22(20)23/h1-10,12-14,23H,11,15H2,(H,27,28). The van der Waals surface area contributed by atoms with E-state index in [1.54, 1.807) is 18.2 Å². The molecule has 1 aliphatic carbocycles. The molecule has 0 heterocycles. The van der Waals surface area contributed by atoms with Gasteiger partial charge in [-0.2, -0.15) is 0 Å². The summed E-state index contributed by atoms with van der Waals surface area (Å²) in [6.45, 7) is 0.575. The monoisotopic (exact) mass is 451 g/mol. The van der Waals surface area contributed by atoms with E-state index in [0.717, 1.165) is 0 Å². The van der Waals surface area contributed by atoms with Gasteiger partial charge in [-0.1, -0.05) is 76.6 Å². The number of carbonyl (C=O) groups excluding carboxylic acids is 1. The molecule has 0 spiro atoms. The third-order valence-corrected chi connectivity index (χ3v) is 5.36. The average molecular weight is 452 g/mol. The smallest absolute Gasteiger partial charge is 0.407 e. The van der Waals surface area contributed by atoms with Gasteiger partial charge in [-0.05, 0) is 46.0 Å². The Morgan fingerprint density at radius 3 is 2.34 bits per heavy atom. The second-order valence-corrected chi connectivity index (χ2v) is 7.73. The molecule has 4 rings (SSSR count). The van der Waals surface area contributed by atoms with Crippen molar-refractivity contribution < 1.29 is 13.9 Å². The van der Waals surface area contributed by atoms with Crippen LogP contribution < -0.4 is 5.32 Å². The fraction of sp³-hybridized carbons (Fsp3) is 0.125. The first-order valence-electron chi connectivity index (χ1n) is 9.33. The molecule has 0 saturated heterocycles. The van der Waals surface area contributed by atoms with Gasteiger partial charge in [0, 0.05) is 16.9 Å². The molecule has 3 aromatic rings. The number of alkyl carbamates (subject to hydrolysis) is 1. The van der Waals surface area contributed by atoms with Crippen molar-refractivity contribution >= 4 is 28.1 Å². The van der Waals surface area contributed by atoms with Crippen molar-refractivity contribution in [2.75, 3.05) is 13.2 Å². The molecule has 0 atom stereocenters. The van der Waals surface area contributed by atoms with Crippen LogP contribution in [0.25, 0.3) is 17.2 Å². The Hall–Kier alpha value is -2.92. The van der Waals surface area contributed by atoms with E-state index in [9.17, 15) is 9.18 Å². The van der Waals surface area contributed by atoms with Gasteiger partial charge in [0.2, 0.25) is 0 Å². The average Bonchev–Trinajstić information content (AvgIpc) is 3.03. The lowest BCUT2D eigenvalue weighted by Gasteiger charge is -2.14. The van der Waals surface area contributed by atoms with Crippen LogP contribution in [-0.2, 0) is 4.74 Å². The molecule has 0 fully saturated rings. The second kappa shape index (κ2) is 8.62. The molecule has 0 bridgehead atoms. The Morgan fingerprint density at radius 1 is 1.03 bits per heavy atom. The number of amides is 1. The number of fused-ring (bicyclic) bond motifs is 3. The second-order valence-electron chi connectivity index (χ2n) is 6.81. The van der Waals surface area contributed by atoms with Crippen LogP contribution in [0.3, 0.4) is 0 Å². The zero-order valence-electron chi connectivity index (χ0n) is 15.6. The van der Waals surface area contributed by atoms with E-state index in [2.05, 4.69) is 45.5 Å². The normalized spacial score (nSPS) is 12.6. The molecule has 0 saturated carbocycles. The molecule has 3 aromatic carbocycles. The van der Waals surface area contributed by atoms with Gasteiger partial charge in [-0.15, -0.1) is 0 Å². The molecule has 5 heteroatoms. The predicted molar refractivity (Wildman–Crippen MR) is 116 cm³/mol. The summed E-state index contributed by atoms with van der Waals surface area (Å²) in [6.07, 6.45) is 3.03. The third-order valence-electron chi connectivity index (χ3n) is 4.90. The van der Waals surface area contributed by atoms with Gasteiger partial charge in [0.15, 0.2) is 0 Å². The topological polar surface area (TPSA) is 38.3 Å². The molecular weight excluding hydrogens is 433 g/mol. The van der Waals surface area contributed by atoms with E-state index in [4.69, 9.17) is 4.74 Å². The van der Waals surface area contributed by atoms with Crippen LogP contribution in [0, 0.1) is 5.82 Å². The predicted octanol–water partition coefficient (Wildman–Crippen LogP) is 6.14. The molecule has 0 aromatic heterocycles. The molecule has 1 aliphatic rings. The van der Waals surface area contributed by atoms with E-state index in [1.807, 2.05) is 24.3 Å². The number of ether oxygens (including phenoxy) is 1. The van der Waals surface area contributed by atoms with Crippen LogP contribution in [0.2, 0.25) is 0 Å². The van der Waals surface area contributed by atoms with Crippen molar-refractivity contribution in [3.05, 3.63) is 99.8 Å². The number of carbonyl (C=O) groups is 1. The van der Waals surface area contributed by atoms with E-state index in [1.165, 1.54) is 34.4 Å². The Labute approximate surface area is 177 Å². The molecule has 1 amide bonds. The van der Waals surface area contributed by atoms with Crippen LogP contribution in [0.15, 0.2) is 77.3 Å². The van der Waals surface area contributed by atoms with Gasteiger partial charge in [-0.3, -0.25) is 0 Å². The summed E-state index contributed by atoms with van der Waals surface area (Å²) < 4.78 is 19.5. The van der Waals surface area contributed by atoms with Gasteiger partial charge in [0.05, 0.1) is 0 Å². The lowest BCUT2D eigenvalue weighted by molar-refractivity contribution is 0.144. The SMILES string of the molecule is O=C(NCC=Cc1cc(F)cc(Br)c1)OCC1c2ccccc2-c2ccccc21. The van der Waals surface area contributed by atoms with Crippen molar-refractivity contribution in [2.24, 2.45) is 0 Å². The molecule has 146 valence electrons. The number of halogens is 2. The van der Waals surface area contributed by atoms with E-state index >= 15 is 0 Å². The van der Waals surface area contributed by atoms with Gasteiger partial charge >= 0.3 is 6.09 Å². The van der Waals surface area contributed by atoms with Gasteiger partial charge in [0.1, 0.15) is 12.4 Å². The van der Waals surface area contributed by atoms with E-state index < -0.39 is 6.09 Å². The van der Waals surface area contributed by atoms with Gasteiger partial charge in [0.25, 0.3) is 0 Å². The molecule has 1 N–H and O–H groups in total. The maximum absolute atomic E-state index is 13.4. The summed E-state index contributed by atoms with van der Waals surface area (Å²) in [5.41, 5.74) is 5.46. The van der Waals surface area contributed by atoms with Crippen LogP contribution in [0.1, 0.15) is 22.6 Å². The summed E-state index contributed by atoms with van der Waals surface area (Å²) in [5.74, 6) is -0.281. The molecule has 0 unspecified atom stereocenters. The van der Waals surface area contributed by atoms with Crippen LogP contribution >= 0.6 is 15.9 Å². The summed E-state index contributed by atoms with van der Waals surface area (Å²) in [7, 11) is 0. The highest BCUT2D eigenvalue weighted by Crippen LogP contribution is 2.44. The first kappa shape index (κ1) is 19.4. The minimum absolute atomic E-state index is 0.0355. The highest BCUT2D eigenvalue weighted by atomic mass is 79.9. The van der Waals surface area contributed by atoms with Crippen LogP contribution in [-0.4, -0.2) is 19.2 Å². The van der Waals surface area contributed by atoms with Crippen molar-refractivity contribution in [1.29, 1.82) is 0 Å². The number of hydrogen-bond donors (Lipinski definition) is 1. The first-order valence-corrected chi connectivity index (χ1v) is 10.1. The third kappa shape index (κ3) is 4.40. The Balaban J connectivity index is 1.34. The number of hydrogen-bond acceptors (Lipinski definition) is 2. The zero-order chi connectivity index (χ0) is 20.2. The van der Waals surface area contributed by atoms with E-state index in [-0.39, 0.29) is 18.3 Å². The molecular formula is C24H19BrFNO2. The van der Waals surface area contributed by atoms with Gasteiger partial charge in [-0.25, -0.2) is 9.18 Å². The lowest BCUT2D eigenvalue weighted by Crippen LogP contribution is -2.26. The molecule has 0 radical (unpaired) electrons. The lowest BCUT2D eigenvalue weighted by atomic mass is 9.98. The van der Waals surface area contributed by atoms with Crippen molar-refractivity contribution in [2.45, 2.75) is 5.92 Å². The maximum Gasteiger partial charge on any atom is 0.407 e. The first-order chi connectivity index (χ1) is 14.1. The van der Waals surface area contributed by atoms with Crippen LogP contribution in [0.4, 0.5) is 9.18 Å². The minimum Gasteiger partial charge on any atom is -0.449 e. The Bertz CT molecular complexity index is 1010. The van der Waals surface area contributed by atoms with E-state index in [0.29, 0.717) is 16.6 Å². The summed E-state index contributed by atoms with van der Waals surface area (Å²) in [6, 6.07) is 21.0. The largest absolute Gasteiger partial charge is 0.449 e. The fourth-order valence-corrected chi connectivity index (χ4v) is 4.14. The number of nitrogens with one attached hydrogen (secondary N) is 1. The zero-order valence-corrected chi connectivity index (χ0v) is 17.2. The summed E-state index contributed by atoms with van der Waals surface area (Å²) in [4.78, 5) is 12.1. The molecule has 3 nitrogen and oxygen atoms in total. The highest BCUT2D eigenvalue weighted by Gasteiger charge is 2.28. The Kier molecular flexibility index (Phi) is 5.76. The molecule has 0 aliphatic heterocycles. The maximum atomic E-state index is 13.4. The van der Waals surface area contributed by atoms with Crippen LogP contribution in [0.5, 0.6) is 0 Å². The van der Waals surface area contributed by atoms with Crippen molar-refractivity contribution in [1.82, 2.24) is 5.32 Å². The fourth-order valence-electron chi connectivity index (χ4n) is 3.66. The number of benzene rings is 3. The quantitative estimate of drug-likeness (QED) is 0.505. The van der Waals surface area contributed by atoms with Crippen molar-refractivity contribution in [3.8, 4) is 11.1 Å². The highest BCUT2D eigenvalue weighted by molar-refractivity contribution is 9.10. The van der Waals surface area contributed by atoms with Gasteiger partial charge < -0.3 is 10.1 Å². The summed E-state index contributed by atoms with van der Waals surface area (Å²) in [5, 5.41) is 2.70. The Morgan fingerprint density at radius 2 is 1.69 bits per heavy atom. The minimum atomic E-state index is -0.475. The summed E-state index contributed by atoms with van der Waals surface area (Å²) >= 11 is 3.26. The van der Waals surface area contributed by atoms with Crippen molar-refractivity contribution in [3.63, 3.8) is 0 Å².